The van der Waals surface area contributed by atoms with Gasteiger partial charge in [0.05, 0.1) is 6.61 Å². The lowest BCUT2D eigenvalue weighted by atomic mass is 10.0. The van der Waals surface area contributed by atoms with E-state index in [0.717, 1.165) is 56.0 Å². The highest BCUT2D eigenvalue weighted by molar-refractivity contribution is 8.14. The lowest BCUT2D eigenvalue weighted by Gasteiger charge is -2.39. The van der Waals surface area contributed by atoms with E-state index < -0.39 is 47.3 Å². The lowest BCUT2D eigenvalue weighted by Crippen LogP contribution is -2.57. The molecule has 1 aliphatic heterocycles. The second kappa shape index (κ2) is 13.0. The van der Waals surface area contributed by atoms with Crippen LogP contribution in [-0.2, 0) is 15.5 Å². The van der Waals surface area contributed by atoms with Crippen molar-refractivity contribution in [3.05, 3.63) is 0 Å². The molecule has 6 atom stereocenters. The minimum atomic E-state index is -1.43. The molecule has 1 heterocycles. The van der Waals surface area contributed by atoms with Gasteiger partial charge in [0.2, 0.25) is 0 Å². The van der Waals surface area contributed by atoms with Crippen LogP contribution in [0.2, 0.25) is 0 Å². The van der Waals surface area contributed by atoms with E-state index >= 15 is 0 Å². The molecule has 1 fully saturated rings. The molecule has 26 heavy (non-hydrogen) atoms. The average molecular weight is 414 g/mol. The number of unbranched alkanes of at least 4 members (excludes halogenated alkanes) is 5. The van der Waals surface area contributed by atoms with Gasteiger partial charge < -0.3 is 30.4 Å². The number of thioether (sulfide) groups is 1. The molecule has 1 unspecified atom stereocenters. The van der Waals surface area contributed by atoms with Crippen LogP contribution in [0.1, 0.15) is 44.9 Å². The first-order valence-electron chi connectivity index (χ1n) is 8.88. The van der Waals surface area contributed by atoms with Gasteiger partial charge in [-0.1, -0.05) is 42.6 Å². The van der Waals surface area contributed by atoms with Crippen molar-refractivity contribution in [3.8, 4) is 0 Å². The van der Waals surface area contributed by atoms with E-state index in [1.54, 1.807) is 6.26 Å². The van der Waals surface area contributed by atoms with Gasteiger partial charge in [-0.05, 0) is 19.3 Å². The quantitative estimate of drug-likeness (QED) is 0.108. The number of hydrogen-bond acceptors (Lipinski definition) is 9. The van der Waals surface area contributed by atoms with Crippen molar-refractivity contribution in [2.45, 2.75) is 74.8 Å². The molecule has 1 saturated heterocycles. The lowest BCUT2D eigenvalue weighted by molar-refractivity contribution is -0.205. The predicted molar refractivity (Wildman–Crippen MR) is 102 cm³/mol. The molecule has 8 nitrogen and oxygen atoms in total. The van der Waals surface area contributed by atoms with E-state index in [-0.39, 0.29) is 0 Å². The molecule has 0 radical (unpaired) electrons. The maximum atomic E-state index is 11.0. The van der Waals surface area contributed by atoms with E-state index in [9.17, 15) is 24.6 Å². The number of aliphatic hydroxyl groups excluding tert-OH is 4. The summed E-state index contributed by atoms with van der Waals surface area (Å²) in [7, 11) is -0.725. The number of rotatable bonds is 11. The molecule has 154 valence electrons. The van der Waals surface area contributed by atoms with Crippen molar-refractivity contribution in [2.24, 2.45) is 5.16 Å². The number of oxime groups is 1. The largest absolute Gasteiger partial charge is 0.410 e. The SMILES string of the molecule is CS(=O)CCCCCCCC/C(=N\O)S[C@@H]1O[C@H](CO)[C@@H](O)[C@H](O)[C@H]1O. The van der Waals surface area contributed by atoms with E-state index in [2.05, 4.69) is 5.16 Å². The third-order valence-corrected chi connectivity index (χ3v) is 6.33. The Balaban J connectivity index is 2.28. The van der Waals surface area contributed by atoms with Gasteiger partial charge in [-0.25, -0.2) is 0 Å². The molecule has 0 saturated carbocycles. The Morgan fingerprint density at radius 2 is 1.65 bits per heavy atom. The Labute approximate surface area is 161 Å². The third kappa shape index (κ3) is 8.20. The van der Waals surface area contributed by atoms with Gasteiger partial charge in [0.1, 0.15) is 34.9 Å². The number of hydrogen-bond donors (Lipinski definition) is 5. The second-order valence-corrected chi connectivity index (χ2v) is 9.18. The standard InChI is InChI=1S/C16H31NO7S2/c1-26(23)9-7-5-3-2-4-6-8-12(17-22)25-16-15(21)14(20)13(19)11(10-18)24-16/h11,13-16,18-22H,2-10H2,1H3/b17-12+/t11-,13-,14+,15-,16+,26?/m1/s1. The normalized spacial score (nSPS) is 31.1. The Morgan fingerprint density at radius 3 is 2.23 bits per heavy atom. The molecule has 0 spiro atoms. The maximum Gasteiger partial charge on any atom is 0.138 e. The topological polar surface area (TPSA) is 140 Å². The van der Waals surface area contributed by atoms with Crippen molar-refractivity contribution in [1.29, 1.82) is 0 Å². The van der Waals surface area contributed by atoms with Gasteiger partial charge in [0.15, 0.2) is 0 Å². The van der Waals surface area contributed by atoms with E-state index in [1.165, 1.54) is 0 Å². The minimum absolute atomic E-state index is 0.371. The summed E-state index contributed by atoms with van der Waals surface area (Å²) >= 11 is 0.986. The predicted octanol–water partition coefficient (Wildman–Crippen LogP) is 0.416. The van der Waals surface area contributed by atoms with Crippen LogP contribution >= 0.6 is 11.8 Å². The van der Waals surface area contributed by atoms with Gasteiger partial charge in [0, 0.05) is 22.8 Å². The molecule has 0 aromatic rings. The van der Waals surface area contributed by atoms with Crippen molar-refractivity contribution >= 4 is 27.6 Å². The van der Waals surface area contributed by atoms with E-state index in [0.29, 0.717) is 11.5 Å². The second-order valence-electron chi connectivity index (χ2n) is 6.46. The van der Waals surface area contributed by atoms with Crippen molar-refractivity contribution in [1.82, 2.24) is 0 Å². The number of ether oxygens (including phenoxy) is 1. The van der Waals surface area contributed by atoms with Crippen LogP contribution in [0.4, 0.5) is 0 Å². The van der Waals surface area contributed by atoms with Crippen molar-refractivity contribution < 1.29 is 34.6 Å². The van der Waals surface area contributed by atoms with Crippen LogP contribution in [0.15, 0.2) is 5.16 Å². The van der Waals surface area contributed by atoms with Gasteiger partial charge in [-0.2, -0.15) is 0 Å². The molecule has 5 N–H and O–H groups in total. The van der Waals surface area contributed by atoms with Crippen molar-refractivity contribution in [3.63, 3.8) is 0 Å². The first-order chi connectivity index (χ1) is 12.4. The first-order valence-corrected chi connectivity index (χ1v) is 11.5. The fourth-order valence-corrected chi connectivity index (χ4v) is 4.41. The Bertz CT molecular complexity index is 450. The highest BCUT2D eigenvalue weighted by Crippen LogP contribution is 2.30. The molecule has 1 rings (SSSR count). The summed E-state index contributed by atoms with van der Waals surface area (Å²) < 4.78 is 16.3. The van der Waals surface area contributed by atoms with Crippen LogP contribution < -0.4 is 0 Å². The molecule has 0 amide bonds. The molecular formula is C16H31NO7S2. The Hall–Kier alpha value is -0.230. The zero-order valence-corrected chi connectivity index (χ0v) is 16.7. The highest BCUT2D eigenvalue weighted by Gasteiger charge is 2.44. The smallest absolute Gasteiger partial charge is 0.138 e. The molecule has 1 aliphatic rings. The fourth-order valence-electron chi connectivity index (χ4n) is 2.72. The van der Waals surface area contributed by atoms with Crippen molar-refractivity contribution in [2.75, 3.05) is 18.6 Å². The number of aliphatic hydroxyl groups is 4. The van der Waals surface area contributed by atoms with Gasteiger partial charge in [0.25, 0.3) is 0 Å². The third-order valence-electron chi connectivity index (χ3n) is 4.28. The summed E-state index contributed by atoms with van der Waals surface area (Å²) in [6.07, 6.45) is 2.98. The monoisotopic (exact) mass is 413 g/mol. The summed E-state index contributed by atoms with van der Waals surface area (Å²) in [5.74, 6) is 0.747. The van der Waals surface area contributed by atoms with Crippen LogP contribution in [0.3, 0.4) is 0 Å². The molecule has 0 bridgehead atoms. The molecule has 10 heteroatoms. The van der Waals surface area contributed by atoms with Gasteiger partial charge in [-0.3, -0.25) is 4.21 Å². The Kier molecular flexibility index (Phi) is 11.9. The molecule has 0 aromatic carbocycles. The Morgan fingerprint density at radius 1 is 1.04 bits per heavy atom. The van der Waals surface area contributed by atoms with Crippen LogP contribution in [0, 0.1) is 0 Å². The average Bonchev–Trinajstić information content (AvgIpc) is 2.62. The van der Waals surface area contributed by atoms with E-state index in [4.69, 9.17) is 9.94 Å². The fraction of sp³-hybridized carbons (Fsp3) is 0.938. The summed E-state index contributed by atoms with van der Waals surface area (Å²) in [5.41, 5.74) is -0.925. The molecular weight excluding hydrogens is 382 g/mol. The summed E-state index contributed by atoms with van der Waals surface area (Å²) in [6, 6.07) is 0. The van der Waals surface area contributed by atoms with Crippen LogP contribution in [0.25, 0.3) is 0 Å². The highest BCUT2D eigenvalue weighted by atomic mass is 32.2. The molecule has 0 aliphatic carbocycles. The zero-order chi connectivity index (χ0) is 19.5. The van der Waals surface area contributed by atoms with Crippen LogP contribution in [0.5, 0.6) is 0 Å². The minimum Gasteiger partial charge on any atom is -0.410 e. The first kappa shape index (κ1) is 23.8. The summed E-state index contributed by atoms with van der Waals surface area (Å²) in [4.78, 5) is 0. The molecule has 0 aromatic heterocycles. The maximum absolute atomic E-state index is 11.0. The summed E-state index contributed by atoms with van der Waals surface area (Å²) in [6.45, 7) is -0.487. The van der Waals surface area contributed by atoms with Gasteiger partial charge in [-0.15, -0.1) is 0 Å². The zero-order valence-electron chi connectivity index (χ0n) is 15.1. The van der Waals surface area contributed by atoms with Gasteiger partial charge >= 0.3 is 0 Å². The van der Waals surface area contributed by atoms with E-state index in [1.807, 2.05) is 0 Å². The number of nitrogens with zero attached hydrogens (tertiary/aromatic N) is 1. The summed E-state index contributed by atoms with van der Waals surface area (Å²) in [5, 5.41) is 51.5. The van der Waals surface area contributed by atoms with Crippen LogP contribution in [-0.4, -0.2) is 83.4 Å².